The van der Waals surface area contributed by atoms with Gasteiger partial charge in [-0.3, -0.25) is 4.90 Å². The van der Waals surface area contributed by atoms with E-state index in [0.29, 0.717) is 18.3 Å². The van der Waals surface area contributed by atoms with Crippen molar-refractivity contribution in [1.29, 1.82) is 0 Å². The molecule has 1 saturated heterocycles. The molecule has 1 aliphatic heterocycles. The molecule has 0 radical (unpaired) electrons. The van der Waals surface area contributed by atoms with E-state index in [1.807, 2.05) is 0 Å². The predicted molar refractivity (Wildman–Crippen MR) is 97.1 cm³/mol. The lowest BCUT2D eigenvalue weighted by molar-refractivity contribution is 0.0644. The maximum absolute atomic E-state index is 13.1. The van der Waals surface area contributed by atoms with Gasteiger partial charge in [0.05, 0.1) is 12.6 Å². The van der Waals surface area contributed by atoms with Crippen molar-refractivity contribution in [2.24, 2.45) is 0 Å². The molecule has 5 nitrogen and oxygen atoms in total. The van der Waals surface area contributed by atoms with E-state index in [1.165, 1.54) is 17.0 Å². The Balaban J connectivity index is 1.46. The molecule has 0 spiro atoms. The summed E-state index contributed by atoms with van der Waals surface area (Å²) in [7, 11) is 0. The van der Waals surface area contributed by atoms with Crippen molar-refractivity contribution in [3.05, 3.63) is 58.4 Å². The Morgan fingerprint density at radius 3 is 2.81 bits per heavy atom. The fraction of sp³-hybridized carbons (Fsp3) is 0.368. The van der Waals surface area contributed by atoms with Crippen LogP contribution in [0, 0.1) is 5.82 Å². The second-order valence-electron chi connectivity index (χ2n) is 6.40. The maximum atomic E-state index is 13.1. The summed E-state index contributed by atoms with van der Waals surface area (Å²) < 4.78 is 24.3. The monoisotopic (exact) mass is 373 g/mol. The third-order valence-electron chi connectivity index (χ3n) is 4.37. The Bertz CT molecular complexity index is 814. The lowest BCUT2D eigenvalue weighted by Gasteiger charge is -2.23. The molecule has 2 aromatic heterocycles. The Kier molecular flexibility index (Phi) is 5.38. The number of rotatable bonds is 7. The molecule has 1 aromatic carbocycles. The minimum atomic E-state index is -0.281. The second kappa shape index (κ2) is 8.07. The van der Waals surface area contributed by atoms with Crippen LogP contribution in [-0.2, 0) is 17.8 Å². The highest BCUT2D eigenvalue weighted by atomic mass is 32.1. The van der Waals surface area contributed by atoms with Gasteiger partial charge in [0.15, 0.2) is 0 Å². The molecule has 0 N–H and O–H groups in total. The average molecular weight is 373 g/mol. The highest BCUT2D eigenvalue weighted by Gasteiger charge is 2.21. The molecule has 0 aliphatic carbocycles. The number of thiophene rings is 1. The molecular formula is C19H20FN3O2S. The van der Waals surface area contributed by atoms with Gasteiger partial charge in [0.2, 0.25) is 11.7 Å². The Hall–Kier alpha value is -2.09. The zero-order valence-corrected chi connectivity index (χ0v) is 15.1. The molecule has 1 unspecified atom stereocenters. The van der Waals surface area contributed by atoms with Crippen LogP contribution in [0.1, 0.15) is 23.6 Å². The van der Waals surface area contributed by atoms with Crippen molar-refractivity contribution >= 4 is 11.3 Å². The number of ether oxygens (including phenoxy) is 1. The normalized spacial score (nSPS) is 17.2. The van der Waals surface area contributed by atoms with Gasteiger partial charge >= 0.3 is 0 Å². The van der Waals surface area contributed by atoms with E-state index < -0.39 is 0 Å². The summed E-state index contributed by atoms with van der Waals surface area (Å²) in [5.41, 5.74) is 0.741. The Morgan fingerprint density at radius 2 is 2.08 bits per heavy atom. The molecule has 1 atom stereocenters. The van der Waals surface area contributed by atoms with Crippen molar-refractivity contribution in [2.75, 3.05) is 13.2 Å². The summed E-state index contributed by atoms with van der Waals surface area (Å²) in [4.78, 5) is 8.05. The van der Waals surface area contributed by atoms with Crippen LogP contribution >= 0.6 is 11.3 Å². The highest BCUT2D eigenvalue weighted by molar-refractivity contribution is 7.09. The second-order valence-corrected chi connectivity index (χ2v) is 7.43. The van der Waals surface area contributed by atoms with Gasteiger partial charge in [-0.05, 0) is 48.6 Å². The first-order valence-corrected chi connectivity index (χ1v) is 9.59. The van der Waals surface area contributed by atoms with Crippen LogP contribution in [0.3, 0.4) is 0 Å². The van der Waals surface area contributed by atoms with Gasteiger partial charge in [-0.25, -0.2) is 4.39 Å². The summed E-state index contributed by atoms with van der Waals surface area (Å²) >= 11 is 1.74. The number of halogens is 1. The van der Waals surface area contributed by atoms with E-state index in [-0.39, 0.29) is 11.9 Å². The van der Waals surface area contributed by atoms with Crippen LogP contribution in [0.5, 0.6) is 0 Å². The van der Waals surface area contributed by atoms with Crippen LogP contribution in [-0.4, -0.2) is 34.3 Å². The molecular weight excluding hydrogens is 353 g/mol. The van der Waals surface area contributed by atoms with Gasteiger partial charge in [-0.1, -0.05) is 11.2 Å². The molecule has 7 heteroatoms. The van der Waals surface area contributed by atoms with Crippen LogP contribution in [0.15, 0.2) is 46.3 Å². The first kappa shape index (κ1) is 17.3. The van der Waals surface area contributed by atoms with E-state index >= 15 is 0 Å². The molecule has 1 aliphatic rings. The molecule has 3 aromatic rings. The third-order valence-corrected chi connectivity index (χ3v) is 5.24. The van der Waals surface area contributed by atoms with Gasteiger partial charge in [0, 0.05) is 30.1 Å². The van der Waals surface area contributed by atoms with Crippen molar-refractivity contribution < 1.29 is 13.7 Å². The van der Waals surface area contributed by atoms with Gasteiger partial charge < -0.3 is 9.26 Å². The van der Waals surface area contributed by atoms with Crippen LogP contribution in [0.4, 0.5) is 4.39 Å². The predicted octanol–water partition coefficient (Wildman–Crippen LogP) is 4.12. The van der Waals surface area contributed by atoms with Crippen LogP contribution < -0.4 is 0 Å². The molecule has 4 rings (SSSR count). The van der Waals surface area contributed by atoms with E-state index in [2.05, 4.69) is 32.6 Å². The Morgan fingerprint density at radius 1 is 1.19 bits per heavy atom. The van der Waals surface area contributed by atoms with Gasteiger partial charge in [-0.15, -0.1) is 11.3 Å². The largest absolute Gasteiger partial charge is 0.377 e. The van der Waals surface area contributed by atoms with Crippen LogP contribution in [0.2, 0.25) is 0 Å². The van der Waals surface area contributed by atoms with E-state index in [1.54, 1.807) is 23.5 Å². The van der Waals surface area contributed by atoms with E-state index in [9.17, 15) is 4.39 Å². The summed E-state index contributed by atoms with van der Waals surface area (Å²) in [5, 5.41) is 6.12. The van der Waals surface area contributed by atoms with E-state index in [4.69, 9.17) is 9.26 Å². The van der Waals surface area contributed by atoms with Crippen LogP contribution in [0.25, 0.3) is 11.4 Å². The third kappa shape index (κ3) is 4.35. The molecule has 26 heavy (non-hydrogen) atoms. The van der Waals surface area contributed by atoms with Gasteiger partial charge in [-0.2, -0.15) is 4.98 Å². The first-order chi connectivity index (χ1) is 12.8. The summed E-state index contributed by atoms with van der Waals surface area (Å²) in [6, 6.07) is 10.3. The maximum Gasteiger partial charge on any atom is 0.241 e. The topological polar surface area (TPSA) is 51.4 Å². The summed E-state index contributed by atoms with van der Waals surface area (Å²) in [5.74, 6) is 0.753. The molecule has 0 saturated carbocycles. The molecule has 3 heterocycles. The fourth-order valence-electron chi connectivity index (χ4n) is 3.11. The number of benzene rings is 1. The van der Waals surface area contributed by atoms with E-state index in [0.717, 1.165) is 38.1 Å². The Labute approximate surface area is 155 Å². The standard InChI is InChI=1S/C19H20FN3O2S/c20-15-7-5-14(6-8-15)19-21-18(25-22-19)13-23(11-16-3-1-9-24-16)12-17-4-2-10-26-17/h2,4-8,10,16H,1,3,9,11-13H2. The van der Waals surface area contributed by atoms with Crippen molar-refractivity contribution in [2.45, 2.75) is 32.0 Å². The summed E-state index contributed by atoms with van der Waals surface area (Å²) in [6.45, 7) is 3.07. The molecule has 136 valence electrons. The fourth-order valence-corrected chi connectivity index (χ4v) is 3.86. The molecule has 0 amide bonds. The minimum absolute atomic E-state index is 0.259. The number of hydrogen-bond acceptors (Lipinski definition) is 6. The highest BCUT2D eigenvalue weighted by Crippen LogP contribution is 2.20. The zero-order valence-electron chi connectivity index (χ0n) is 14.3. The minimum Gasteiger partial charge on any atom is -0.377 e. The smallest absolute Gasteiger partial charge is 0.241 e. The molecule has 1 fully saturated rings. The van der Waals surface area contributed by atoms with Gasteiger partial charge in [0.1, 0.15) is 5.82 Å². The lowest BCUT2D eigenvalue weighted by Crippen LogP contribution is -2.31. The quantitative estimate of drug-likeness (QED) is 0.624. The zero-order chi connectivity index (χ0) is 17.8. The summed E-state index contributed by atoms with van der Waals surface area (Å²) in [6.07, 6.45) is 2.47. The first-order valence-electron chi connectivity index (χ1n) is 8.71. The molecule has 0 bridgehead atoms. The number of aromatic nitrogens is 2. The van der Waals surface area contributed by atoms with Crippen molar-refractivity contribution in [1.82, 2.24) is 15.0 Å². The number of nitrogens with zero attached hydrogens (tertiary/aromatic N) is 3. The van der Waals surface area contributed by atoms with Crippen molar-refractivity contribution in [3.8, 4) is 11.4 Å². The SMILES string of the molecule is Fc1ccc(-c2noc(CN(Cc3cccs3)CC3CCCO3)n2)cc1. The van der Waals surface area contributed by atoms with Gasteiger partial charge in [0.25, 0.3) is 0 Å². The lowest BCUT2D eigenvalue weighted by atomic mass is 10.2. The number of hydrogen-bond donors (Lipinski definition) is 0. The average Bonchev–Trinajstić information content (AvgIpc) is 3.38. The van der Waals surface area contributed by atoms with Crippen molar-refractivity contribution in [3.63, 3.8) is 0 Å².